The molecule has 2 amide bonds. The molecule has 1 saturated heterocycles. The minimum Gasteiger partial charge on any atom is -0.339 e. The van der Waals surface area contributed by atoms with Gasteiger partial charge in [-0.25, -0.2) is 0 Å². The molecule has 1 aliphatic rings. The van der Waals surface area contributed by atoms with Crippen LogP contribution in [0.5, 0.6) is 0 Å². The zero-order valence-electron chi connectivity index (χ0n) is 13.0. The number of carbonyl (C=O) groups is 2. The quantitative estimate of drug-likeness (QED) is 0.866. The van der Waals surface area contributed by atoms with E-state index in [2.05, 4.69) is 0 Å². The van der Waals surface area contributed by atoms with E-state index in [1.54, 1.807) is 0 Å². The number of nitrogens with zero attached hydrogens (tertiary/aromatic N) is 2. The Morgan fingerprint density at radius 3 is 2.26 bits per heavy atom. The van der Waals surface area contributed by atoms with Gasteiger partial charge in [0.15, 0.2) is 0 Å². The van der Waals surface area contributed by atoms with Crippen LogP contribution in [0.4, 0.5) is 0 Å². The number of piperazine rings is 1. The number of thiophene rings is 1. The third-order valence-corrected chi connectivity index (χ3v) is 4.98. The Morgan fingerprint density at radius 2 is 1.61 bits per heavy atom. The van der Waals surface area contributed by atoms with Gasteiger partial charge in [0.05, 0.1) is 4.88 Å². The summed E-state index contributed by atoms with van der Waals surface area (Å²) in [6.45, 7) is 2.50. The van der Waals surface area contributed by atoms with Crippen molar-refractivity contribution in [2.24, 2.45) is 0 Å². The fourth-order valence-electron chi connectivity index (χ4n) is 2.77. The molecule has 0 bridgehead atoms. The molecule has 0 N–H and O–H groups in total. The normalized spacial score (nSPS) is 14.8. The molecule has 4 nitrogen and oxygen atoms in total. The molecule has 0 unspecified atom stereocenters. The van der Waals surface area contributed by atoms with E-state index in [0.717, 1.165) is 11.3 Å². The Bertz CT molecular complexity index is 647. The number of hydrogen-bond acceptors (Lipinski definition) is 3. The molecule has 0 radical (unpaired) electrons. The van der Waals surface area contributed by atoms with E-state index < -0.39 is 0 Å². The van der Waals surface area contributed by atoms with Crippen LogP contribution in [0.2, 0.25) is 0 Å². The molecule has 1 fully saturated rings. The Labute approximate surface area is 140 Å². The summed E-state index contributed by atoms with van der Waals surface area (Å²) < 4.78 is 0. The summed E-state index contributed by atoms with van der Waals surface area (Å²) in [7, 11) is 0. The molecule has 120 valence electrons. The zero-order valence-corrected chi connectivity index (χ0v) is 13.8. The first kappa shape index (κ1) is 15.7. The van der Waals surface area contributed by atoms with E-state index >= 15 is 0 Å². The first-order valence-corrected chi connectivity index (χ1v) is 8.76. The lowest BCUT2D eigenvalue weighted by Crippen LogP contribution is -2.50. The largest absolute Gasteiger partial charge is 0.339 e. The van der Waals surface area contributed by atoms with Crippen molar-refractivity contribution in [1.82, 2.24) is 9.80 Å². The summed E-state index contributed by atoms with van der Waals surface area (Å²) in [6.07, 6.45) is 1.30. The summed E-state index contributed by atoms with van der Waals surface area (Å²) >= 11 is 1.47. The Balaban J connectivity index is 1.47. The molecule has 1 aromatic carbocycles. The Kier molecular flexibility index (Phi) is 5.08. The van der Waals surface area contributed by atoms with E-state index in [0.29, 0.717) is 32.6 Å². The van der Waals surface area contributed by atoms with Crippen LogP contribution in [0.15, 0.2) is 47.8 Å². The van der Waals surface area contributed by atoms with Crippen LogP contribution in [0.3, 0.4) is 0 Å². The molecule has 23 heavy (non-hydrogen) atoms. The first-order valence-electron chi connectivity index (χ1n) is 7.88. The van der Waals surface area contributed by atoms with Crippen molar-refractivity contribution in [2.45, 2.75) is 12.8 Å². The second kappa shape index (κ2) is 7.42. The topological polar surface area (TPSA) is 40.6 Å². The second-order valence-corrected chi connectivity index (χ2v) is 6.58. The fourth-order valence-corrected chi connectivity index (χ4v) is 3.46. The van der Waals surface area contributed by atoms with Crippen molar-refractivity contribution in [3.05, 3.63) is 58.3 Å². The standard InChI is InChI=1S/C18H20N2O2S/c21-17(9-8-15-5-2-1-3-6-15)19-10-12-20(13-11-19)18(22)16-7-4-14-23-16/h1-7,14H,8-13H2. The zero-order chi connectivity index (χ0) is 16.1. The van der Waals surface area contributed by atoms with Crippen LogP contribution in [-0.2, 0) is 11.2 Å². The average Bonchev–Trinajstić information content (AvgIpc) is 3.15. The first-order chi connectivity index (χ1) is 11.2. The highest BCUT2D eigenvalue weighted by Crippen LogP contribution is 2.14. The number of hydrogen-bond donors (Lipinski definition) is 0. The van der Waals surface area contributed by atoms with Crippen LogP contribution in [0.25, 0.3) is 0 Å². The lowest BCUT2D eigenvalue weighted by molar-refractivity contribution is -0.132. The number of carbonyl (C=O) groups excluding carboxylic acids is 2. The lowest BCUT2D eigenvalue weighted by atomic mass is 10.1. The molecule has 2 heterocycles. The van der Waals surface area contributed by atoms with Gasteiger partial charge in [-0.2, -0.15) is 0 Å². The van der Waals surface area contributed by atoms with E-state index in [-0.39, 0.29) is 11.8 Å². The predicted molar refractivity (Wildman–Crippen MR) is 91.6 cm³/mol. The lowest BCUT2D eigenvalue weighted by Gasteiger charge is -2.34. The van der Waals surface area contributed by atoms with Crippen molar-refractivity contribution in [3.8, 4) is 0 Å². The van der Waals surface area contributed by atoms with Gasteiger partial charge in [-0.1, -0.05) is 36.4 Å². The van der Waals surface area contributed by atoms with Crippen molar-refractivity contribution < 1.29 is 9.59 Å². The maximum atomic E-state index is 12.3. The van der Waals surface area contributed by atoms with Crippen molar-refractivity contribution in [3.63, 3.8) is 0 Å². The van der Waals surface area contributed by atoms with Gasteiger partial charge in [-0.15, -0.1) is 11.3 Å². The molecule has 1 aliphatic heterocycles. The van der Waals surface area contributed by atoms with Gasteiger partial charge >= 0.3 is 0 Å². The third kappa shape index (κ3) is 3.99. The van der Waals surface area contributed by atoms with Crippen LogP contribution in [-0.4, -0.2) is 47.8 Å². The fraction of sp³-hybridized carbons (Fsp3) is 0.333. The Morgan fingerprint density at radius 1 is 0.913 bits per heavy atom. The summed E-state index contributed by atoms with van der Waals surface area (Å²) in [5.41, 5.74) is 1.19. The number of rotatable bonds is 4. The van der Waals surface area contributed by atoms with Gasteiger partial charge in [0.1, 0.15) is 0 Å². The highest BCUT2D eigenvalue weighted by Gasteiger charge is 2.24. The molecule has 0 saturated carbocycles. The molecule has 3 rings (SSSR count). The maximum absolute atomic E-state index is 12.3. The smallest absolute Gasteiger partial charge is 0.264 e. The molecular formula is C18H20N2O2S. The van der Waals surface area contributed by atoms with E-state index in [9.17, 15) is 9.59 Å². The van der Waals surface area contributed by atoms with E-state index in [1.165, 1.54) is 16.9 Å². The SMILES string of the molecule is O=C(CCc1ccccc1)N1CCN(C(=O)c2cccs2)CC1. The van der Waals surface area contributed by atoms with Crippen molar-refractivity contribution in [1.29, 1.82) is 0 Å². The van der Waals surface area contributed by atoms with E-state index in [1.807, 2.05) is 57.6 Å². The number of aryl methyl sites for hydroxylation is 1. The summed E-state index contributed by atoms with van der Waals surface area (Å²) in [4.78, 5) is 29.1. The molecule has 5 heteroatoms. The van der Waals surface area contributed by atoms with Gasteiger partial charge in [-0.05, 0) is 23.4 Å². The second-order valence-electron chi connectivity index (χ2n) is 5.64. The monoisotopic (exact) mass is 328 g/mol. The summed E-state index contributed by atoms with van der Waals surface area (Å²) in [5.74, 6) is 0.258. The van der Waals surface area contributed by atoms with Gasteiger partial charge < -0.3 is 9.80 Å². The minimum absolute atomic E-state index is 0.0800. The van der Waals surface area contributed by atoms with Gasteiger partial charge in [-0.3, -0.25) is 9.59 Å². The number of benzene rings is 1. The van der Waals surface area contributed by atoms with Crippen LogP contribution in [0.1, 0.15) is 21.7 Å². The third-order valence-electron chi connectivity index (χ3n) is 4.12. The molecule has 0 spiro atoms. The van der Waals surface area contributed by atoms with Gasteiger partial charge in [0.2, 0.25) is 5.91 Å². The van der Waals surface area contributed by atoms with Crippen molar-refractivity contribution >= 4 is 23.2 Å². The molecular weight excluding hydrogens is 308 g/mol. The highest BCUT2D eigenvalue weighted by atomic mass is 32.1. The van der Waals surface area contributed by atoms with Crippen LogP contribution in [0, 0.1) is 0 Å². The summed E-state index contributed by atoms with van der Waals surface area (Å²) in [6, 6.07) is 13.8. The average molecular weight is 328 g/mol. The number of amides is 2. The predicted octanol–water partition coefficient (Wildman–Crippen LogP) is 2.67. The summed E-state index contributed by atoms with van der Waals surface area (Å²) in [5, 5.41) is 1.91. The molecule has 0 aliphatic carbocycles. The highest BCUT2D eigenvalue weighted by molar-refractivity contribution is 7.12. The van der Waals surface area contributed by atoms with E-state index in [4.69, 9.17) is 0 Å². The molecule has 2 aromatic rings. The van der Waals surface area contributed by atoms with Gasteiger partial charge in [0.25, 0.3) is 5.91 Å². The van der Waals surface area contributed by atoms with Crippen LogP contribution >= 0.6 is 11.3 Å². The molecule has 0 atom stereocenters. The minimum atomic E-state index is 0.0800. The van der Waals surface area contributed by atoms with Gasteiger partial charge in [0, 0.05) is 32.6 Å². The Hall–Kier alpha value is -2.14. The maximum Gasteiger partial charge on any atom is 0.264 e. The van der Waals surface area contributed by atoms with Crippen molar-refractivity contribution in [2.75, 3.05) is 26.2 Å². The molecule has 1 aromatic heterocycles. The van der Waals surface area contributed by atoms with Crippen LogP contribution < -0.4 is 0 Å².